The van der Waals surface area contributed by atoms with Crippen LogP contribution in [-0.2, 0) is 6.42 Å². The molecule has 0 atom stereocenters. The monoisotopic (exact) mass is 287 g/mol. The van der Waals surface area contributed by atoms with Gasteiger partial charge in [0.2, 0.25) is 0 Å². The van der Waals surface area contributed by atoms with E-state index in [0.29, 0.717) is 6.42 Å². The Labute approximate surface area is 109 Å². The third-order valence-electron chi connectivity index (χ3n) is 3.23. The van der Waals surface area contributed by atoms with Gasteiger partial charge in [0.1, 0.15) is 0 Å². The number of rotatable bonds is 0. The summed E-state index contributed by atoms with van der Waals surface area (Å²) >= 11 is 3.07. The fourth-order valence-corrected chi connectivity index (χ4v) is 3.03. The Morgan fingerprint density at radius 3 is 2.53 bits per heavy atom. The first-order valence-corrected chi connectivity index (χ1v) is 6.54. The van der Waals surface area contributed by atoms with Crippen LogP contribution in [0, 0.1) is 0 Å². The second-order valence-corrected chi connectivity index (χ2v) is 5.18. The van der Waals surface area contributed by atoms with Crippen molar-refractivity contribution in [3.05, 3.63) is 53.6 Å². The molecule has 0 unspecified atom stereocenters. The van der Waals surface area contributed by atoms with Gasteiger partial charge in [-0.2, -0.15) is 0 Å². The molecule has 2 heteroatoms. The summed E-state index contributed by atoms with van der Waals surface area (Å²) < 4.78 is 1.06. The van der Waals surface area contributed by atoms with E-state index < -0.39 is 0 Å². The summed E-state index contributed by atoms with van der Waals surface area (Å²) in [7, 11) is 0. The fourth-order valence-electron chi connectivity index (χ4n) is 2.41. The Hall–Kier alpha value is -1.37. The summed E-state index contributed by atoms with van der Waals surface area (Å²) in [6, 6.07) is 14.2. The van der Waals surface area contributed by atoms with Gasteiger partial charge in [-0.15, -0.1) is 0 Å². The minimum absolute atomic E-state index is 0.244. The third kappa shape index (κ3) is 1.74. The molecular weight excluding hydrogens is 275 g/mol. The molecular formula is C15H11OSe. The van der Waals surface area contributed by atoms with Crippen molar-refractivity contribution in [3.63, 3.8) is 0 Å². The first-order valence-electron chi connectivity index (χ1n) is 5.69. The normalized spacial score (nSPS) is 13.8. The summed E-state index contributed by atoms with van der Waals surface area (Å²) in [6.45, 7) is 0. The Kier molecular flexibility index (Phi) is 2.62. The summed E-state index contributed by atoms with van der Waals surface area (Å²) in [5, 5.41) is 0. The number of carbonyl (C=O) groups is 1. The van der Waals surface area contributed by atoms with E-state index in [0.717, 1.165) is 22.0 Å². The summed E-state index contributed by atoms with van der Waals surface area (Å²) in [5.74, 6) is 0.244. The predicted octanol–water partition coefficient (Wildman–Crippen LogP) is 2.28. The molecule has 0 spiro atoms. The predicted molar refractivity (Wildman–Crippen MR) is 69.9 cm³/mol. The molecule has 0 heterocycles. The SMILES string of the molecule is O=C1CCc2ccccc2-c2c([Se])cccc21. The average Bonchev–Trinajstić information content (AvgIpc) is 2.49. The van der Waals surface area contributed by atoms with Gasteiger partial charge in [0, 0.05) is 0 Å². The van der Waals surface area contributed by atoms with E-state index in [1.165, 1.54) is 11.1 Å². The van der Waals surface area contributed by atoms with Gasteiger partial charge in [0.25, 0.3) is 0 Å². The Balaban J connectivity index is 2.37. The molecule has 2 aromatic carbocycles. The molecule has 0 saturated carbocycles. The van der Waals surface area contributed by atoms with Crippen LogP contribution in [0.25, 0.3) is 11.1 Å². The molecule has 0 fully saturated rings. The molecule has 0 aliphatic heterocycles. The van der Waals surface area contributed by atoms with Crippen LogP contribution in [0.2, 0.25) is 0 Å². The number of aryl methyl sites for hydroxylation is 1. The molecule has 1 aliphatic carbocycles. The van der Waals surface area contributed by atoms with Crippen molar-refractivity contribution in [1.29, 1.82) is 0 Å². The maximum atomic E-state index is 12.1. The second kappa shape index (κ2) is 4.14. The van der Waals surface area contributed by atoms with Gasteiger partial charge in [-0.3, -0.25) is 0 Å². The number of hydrogen-bond acceptors (Lipinski definition) is 1. The van der Waals surface area contributed by atoms with Crippen molar-refractivity contribution in [2.24, 2.45) is 0 Å². The summed E-state index contributed by atoms with van der Waals surface area (Å²) in [4.78, 5) is 12.1. The van der Waals surface area contributed by atoms with Crippen LogP contribution < -0.4 is 4.46 Å². The van der Waals surface area contributed by atoms with E-state index in [9.17, 15) is 4.79 Å². The van der Waals surface area contributed by atoms with Gasteiger partial charge in [-0.05, 0) is 0 Å². The molecule has 2 aromatic rings. The van der Waals surface area contributed by atoms with Crippen molar-refractivity contribution in [3.8, 4) is 11.1 Å². The van der Waals surface area contributed by atoms with E-state index in [2.05, 4.69) is 28.1 Å². The minimum atomic E-state index is 0.244. The van der Waals surface area contributed by atoms with Crippen LogP contribution in [-0.4, -0.2) is 21.8 Å². The van der Waals surface area contributed by atoms with Gasteiger partial charge in [0.15, 0.2) is 0 Å². The molecule has 83 valence electrons. The summed E-state index contributed by atoms with van der Waals surface area (Å²) in [6.07, 6.45) is 1.44. The number of benzene rings is 2. The van der Waals surface area contributed by atoms with E-state index in [1.807, 2.05) is 30.3 Å². The molecule has 0 N–H and O–H groups in total. The number of Topliss-reactive ketones (excluding diaryl/α,β-unsaturated/α-hetero) is 1. The number of hydrogen-bond donors (Lipinski definition) is 0. The summed E-state index contributed by atoms with van der Waals surface area (Å²) in [5.41, 5.74) is 4.39. The quantitative estimate of drug-likeness (QED) is 0.679. The molecule has 0 saturated heterocycles. The van der Waals surface area contributed by atoms with Crippen LogP contribution in [0.4, 0.5) is 0 Å². The Morgan fingerprint density at radius 1 is 0.882 bits per heavy atom. The van der Waals surface area contributed by atoms with Crippen molar-refractivity contribution in [2.75, 3.05) is 0 Å². The molecule has 1 nitrogen and oxygen atoms in total. The number of carbonyl (C=O) groups excluding carboxylic acids is 1. The fraction of sp³-hybridized carbons (Fsp3) is 0.133. The van der Waals surface area contributed by atoms with E-state index in [1.54, 1.807) is 0 Å². The van der Waals surface area contributed by atoms with Gasteiger partial charge in [0.05, 0.1) is 0 Å². The number of ketones is 1. The average molecular weight is 286 g/mol. The zero-order valence-corrected chi connectivity index (χ0v) is 11.0. The molecule has 3 rings (SSSR count). The van der Waals surface area contributed by atoms with Crippen LogP contribution >= 0.6 is 0 Å². The first-order chi connectivity index (χ1) is 8.27. The zero-order chi connectivity index (χ0) is 11.8. The first kappa shape index (κ1) is 10.8. The van der Waals surface area contributed by atoms with E-state index in [-0.39, 0.29) is 5.78 Å². The Morgan fingerprint density at radius 2 is 1.65 bits per heavy atom. The van der Waals surface area contributed by atoms with Gasteiger partial charge in [-0.1, -0.05) is 0 Å². The number of fused-ring (bicyclic) bond motifs is 3. The molecule has 17 heavy (non-hydrogen) atoms. The zero-order valence-electron chi connectivity index (χ0n) is 9.27. The van der Waals surface area contributed by atoms with Gasteiger partial charge >= 0.3 is 109 Å². The van der Waals surface area contributed by atoms with Crippen molar-refractivity contribution < 1.29 is 4.79 Å². The molecule has 0 aromatic heterocycles. The molecule has 0 bridgehead atoms. The van der Waals surface area contributed by atoms with Crippen LogP contribution in [0.5, 0.6) is 0 Å². The molecule has 0 amide bonds. The second-order valence-electron chi connectivity index (χ2n) is 4.26. The standard InChI is InChI=1S/C15H11OSe/c16-13-9-8-10-4-1-2-5-11(10)15-12(13)6-3-7-14(15)17/h1-7H,8-9H2. The van der Waals surface area contributed by atoms with Crippen LogP contribution in [0.3, 0.4) is 0 Å². The molecule has 1 aliphatic rings. The van der Waals surface area contributed by atoms with Crippen molar-refractivity contribution >= 4 is 26.3 Å². The van der Waals surface area contributed by atoms with Crippen molar-refractivity contribution in [2.45, 2.75) is 12.8 Å². The van der Waals surface area contributed by atoms with Crippen molar-refractivity contribution in [1.82, 2.24) is 0 Å². The van der Waals surface area contributed by atoms with Gasteiger partial charge < -0.3 is 0 Å². The maximum absolute atomic E-state index is 12.1. The van der Waals surface area contributed by atoms with E-state index >= 15 is 0 Å². The van der Waals surface area contributed by atoms with Crippen LogP contribution in [0.1, 0.15) is 22.3 Å². The van der Waals surface area contributed by atoms with Gasteiger partial charge in [-0.25, -0.2) is 0 Å². The van der Waals surface area contributed by atoms with E-state index in [4.69, 9.17) is 0 Å². The van der Waals surface area contributed by atoms with Crippen LogP contribution in [0.15, 0.2) is 42.5 Å². The molecule has 1 radical (unpaired) electrons. The Bertz CT molecular complexity index is 602. The third-order valence-corrected chi connectivity index (χ3v) is 3.95. The topological polar surface area (TPSA) is 17.1 Å².